The first-order valence-corrected chi connectivity index (χ1v) is 7.34. The topological polar surface area (TPSA) is 41.1 Å². The van der Waals surface area contributed by atoms with Crippen molar-refractivity contribution in [1.29, 1.82) is 0 Å². The summed E-state index contributed by atoms with van der Waals surface area (Å²) in [7, 11) is 0. The summed E-state index contributed by atoms with van der Waals surface area (Å²) in [6.45, 7) is 2.11. The van der Waals surface area contributed by atoms with Gasteiger partial charge in [-0.1, -0.05) is 32.1 Å². The lowest BCUT2D eigenvalue weighted by atomic mass is 9.96. The zero-order valence-electron chi connectivity index (χ0n) is 11.2. The van der Waals surface area contributed by atoms with Crippen molar-refractivity contribution in [3.63, 3.8) is 0 Å². The van der Waals surface area contributed by atoms with Gasteiger partial charge in [0.1, 0.15) is 0 Å². The molecular formula is C14H27ClN2O. The van der Waals surface area contributed by atoms with E-state index in [0.29, 0.717) is 12.0 Å². The number of carbonyl (C=O) groups excluding carboxylic acids is 1. The minimum absolute atomic E-state index is 0. The maximum Gasteiger partial charge on any atom is 0.220 e. The molecule has 1 saturated heterocycles. The van der Waals surface area contributed by atoms with Crippen LogP contribution in [0.4, 0.5) is 0 Å². The molecule has 1 unspecified atom stereocenters. The molecule has 1 atom stereocenters. The molecule has 106 valence electrons. The fraction of sp³-hybridized carbons (Fsp3) is 0.929. The zero-order chi connectivity index (χ0) is 11.9. The van der Waals surface area contributed by atoms with Crippen LogP contribution in [0, 0.1) is 5.92 Å². The molecule has 1 amide bonds. The molecule has 1 saturated carbocycles. The van der Waals surface area contributed by atoms with Gasteiger partial charge in [-0.3, -0.25) is 4.79 Å². The fourth-order valence-electron chi connectivity index (χ4n) is 3.04. The Balaban J connectivity index is 0.00000162. The van der Waals surface area contributed by atoms with Gasteiger partial charge in [-0.05, 0) is 38.3 Å². The Morgan fingerprint density at radius 1 is 1.06 bits per heavy atom. The van der Waals surface area contributed by atoms with Crippen molar-refractivity contribution in [3.05, 3.63) is 0 Å². The van der Waals surface area contributed by atoms with E-state index in [0.717, 1.165) is 25.9 Å². The number of rotatable bonds is 3. The van der Waals surface area contributed by atoms with Gasteiger partial charge in [0.05, 0.1) is 0 Å². The lowest BCUT2D eigenvalue weighted by molar-refractivity contribution is -0.122. The Kier molecular flexibility index (Phi) is 7.68. The number of hydrogen-bond acceptors (Lipinski definition) is 2. The van der Waals surface area contributed by atoms with Crippen LogP contribution in [-0.4, -0.2) is 25.0 Å². The monoisotopic (exact) mass is 274 g/mol. The summed E-state index contributed by atoms with van der Waals surface area (Å²) in [5.74, 6) is 0.854. The largest absolute Gasteiger partial charge is 0.353 e. The van der Waals surface area contributed by atoms with Crippen molar-refractivity contribution in [2.45, 2.75) is 63.8 Å². The van der Waals surface area contributed by atoms with Gasteiger partial charge in [-0.2, -0.15) is 0 Å². The van der Waals surface area contributed by atoms with Gasteiger partial charge in [0, 0.05) is 12.5 Å². The Morgan fingerprint density at radius 3 is 2.33 bits per heavy atom. The summed E-state index contributed by atoms with van der Waals surface area (Å²) in [4.78, 5) is 11.9. The van der Waals surface area contributed by atoms with Crippen LogP contribution in [0.15, 0.2) is 0 Å². The Labute approximate surface area is 117 Å². The maximum atomic E-state index is 11.9. The number of hydrogen-bond donors (Lipinski definition) is 2. The van der Waals surface area contributed by atoms with E-state index < -0.39 is 0 Å². The summed E-state index contributed by atoms with van der Waals surface area (Å²) >= 11 is 0. The van der Waals surface area contributed by atoms with Crippen molar-refractivity contribution in [3.8, 4) is 0 Å². The average Bonchev–Trinajstić information content (AvgIpc) is 2.74. The fourth-order valence-corrected chi connectivity index (χ4v) is 3.04. The van der Waals surface area contributed by atoms with Gasteiger partial charge in [-0.15, -0.1) is 12.4 Å². The Hall–Kier alpha value is -0.280. The molecule has 0 aromatic heterocycles. The summed E-state index contributed by atoms with van der Waals surface area (Å²) in [6, 6.07) is 0.456. The maximum absolute atomic E-state index is 11.9. The van der Waals surface area contributed by atoms with Crippen molar-refractivity contribution >= 4 is 18.3 Å². The summed E-state index contributed by atoms with van der Waals surface area (Å²) in [5.41, 5.74) is 0. The van der Waals surface area contributed by atoms with E-state index in [1.165, 1.54) is 44.9 Å². The number of nitrogens with one attached hydrogen (secondary N) is 2. The van der Waals surface area contributed by atoms with Crippen LogP contribution in [-0.2, 0) is 4.79 Å². The van der Waals surface area contributed by atoms with Crippen LogP contribution in [0.25, 0.3) is 0 Å². The average molecular weight is 275 g/mol. The highest BCUT2D eigenvalue weighted by molar-refractivity contribution is 5.85. The van der Waals surface area contributed by atoms with Crippen molar-refractivity contribution in [2.24, 2.45) is 5.92 Å². The van der Waals surface area contributed by atoms with Crippen LogP contribution in [0.1, 0.15) is 57.8 Å². The Bertz CT molecular complexity index is 234. The van der Waals surface area contributed by atoms with E-state index in [1.807, 2.05) is 0 Å². The molecule has 2 aliphatic rings. The normalized spacial score (nSPS) is 25.9. The molecule has 1 heterocycles. The minimum Gasteiger partial charge on any atom is -0.353 e. The number of carbonyl (C=O) groups is 1. The lowest BCUT2D eigenvalue weighted by Gasteiger charge is -2.21. The predicted octanol–water partition coefficient (Wildman–Crippen LogP) is 2.64. The molecule has 0 spiro atoms. The van der Waals surface area contributed by atoms with E-state index in [-0.39, 0.29) is 18.3 Å². The number of amides is 1. The molecule has 0 radical (unpaired) electrons. The molecule has 2 fully saturated rings. The second-order valence-corrected chi connectivity index (χ2v) is 5.67. The lowest BCUT2D eigenvalue weighted by Crippen LogP contribution is -2.36. The van der Waals surface area contributed by atoms with E-state index in [9.17, 15) is 4.79 Å². The zero-order valence-corrected chi connectivity index (χ0v) is 12.1. The third-order valence-corrected chi connectivity index (χ3v) is 4.11. The second-order valence-electron chi connectivity index (χ2n) is 5.67. The smallest absolute Gasteiger partial charge is 0.220 e. The van der Waals surface area contributed by atoms with Crippen LogP contribution < -0.4 is 10.6 Å². The van der Waals surface area contributed by atoms with Gasteiger partial charge >= 0.3 is 0 Å². The van der Waals surface area contributed by atoms with Crippen molar-refractivity contribution < 1.29 is 4.79 Å². The van der Waals surface area contributed by atoms with Gasteiger partial charge in [-0.25, -0.2) is 0 Å². The summed E-state index contributed by atoms with van der Waals surface area (Å²) in [6.07, 6.45) is 10.9. The molecule has 3 nitrogen and oxygen atoms in total. The van der Waals surface area contributed by atoms with Crippen LogP contribution in [0.3, 0.4) is 0 Å². The number of halogens is 1. The molecule has 1 aliphatic heterocycles. The summed E-state index contributed by atoms with van der Waals surface area (Å²) < 4.78 is 0. The molecule has 1 aliphatic carbocycles. The molecule has 18 heavy (non-hydrogen) atoms. The van der Waals surface area contributed by atoms with E-state index in [1.54, 1.807) is 0 Å². The van der Waals surface area contributed by atoms with Crippen LogP contribution in [0.5, 0.6) is 0 Å². The quantitative estimate of drug-likeness (QED) is 0.831. The summed E-state index contributed by atoms with van der Waals surface area (Å²) in [5, 5.41) is 6.57. The molecule has 4 heteroatoms. The van der Waals surface area contributed by atoms with Crippen LogP contribution >= 0.6 is 12.4 Å². The molecule has 0 bridgehead atoms. The second kappa shape index (κ2) is 8.76. The highest BCUT2D eigenvalue weighted by atomic mass is 35.5. The van der Waals surface area contributed by atoms with Crippen molar-refractivity contribution in [2.75, 3.05) is 13.1 Å². The van der Waals surface area contributed by atoms with Crippen LogP contribution in [0.2, 0.25) is 0 Å². The minimum atomic E-state index is 0. The van der Waals surface area contributed by atoms with E-state index >= 15 is 0 Å². The first-order chi connectivity index (χ1) is 8.34. The van der Waals surface area contributed by atoms with Gasteiger partial charge in [0.2, 0.25) is 5.91 Å². The van der Waals surface area contributed by atoms with Gasteiger partial charge < -0.3 is 10.6 Å². The third kappa shape index (κ3) is 5.57. The SMILES string of the molecule is Cl.O=C(CC1CCNC1)NC1CCCCCCC1. The van der Waals surface area contributed by atoms with Gasteiger partial charge in [0.15, 0.2) is 0 Å². The highest BCUT2D eigenvalue weighted by Crippen LogP contribution is 2.18. The standard InChI is InChI=1S/C14H26N2O.ClH/c17-14(10-12-8-9-15-11-12)16-13-6-4-2-1-3-5-7-13;/h12-13,15H,1-11H2,(H,16,17);1H. The molecule has 0 aromatic rings. The van der Waals surface area contributed by atoms with Crippen molar-refractivity contribution in [1.82, 2.24) is 10.6 Å². The van der Waals surface area contributed by atoms with E-state index in [4.69, 9.17) is 0 Å². The highest BCUT2D eigenvalue weighted by Gasteiger charge is 2.20. The molecule has 2 rings (SSSR count). The predicted molar refractivity (Wildman–Crippen MR) is 77.1 cm³/mol. The molecular weight excluding hydrogens is 248 g/mol. The molecule has 0 aromatic carbocycles. The van der Waals surface area contributed by atoms with Gasteiger partial charge in [0.25, 0.3) is 0 Å². The Morgan fingerprint density at radius 2 is 1.72 bits per heavy atom. The van der Waals surface area contributed by atoms with E-state index in [2.05, 4.69) is 10.6 Å². The molecule has 2 N–H and O–H groups in total. The first-order valence-electron chi connectivity index (χ1n) is 7.34. The first kappa shape index (κ1) is 15.8. The third-order valence-electron chi connectivity index (χ3n) is 4.11.